The maximum Gasteiger partial charge on any atom is 0.123 e. The van der Waals surface area contributed by atoms with Gasteiger partial charge in [0.05, 0.1) is 0 Å². The fourth-order valence-electron chi connectivity index (χ4n) is 0.308. The van der Waals surface area contributed by atoms with E-state index in [1.54, 1.807) is 5.41 Å². The Morgan fingerprint density at radius 1 is 1.50 bits per heavy atom. The van der Waals surface area contributed by atoms with Crippen molar-refractivity contribution >= 4 is 24.5 Å². The van der Waals surface area contributed by atoms with Crippen LogP contribution in [0.5, 0.6) is 0 Å². The molecule has 0 heterocycles. The maximum absolute atomic E-state index is 3.92. The van der Waals surface area contributed by atoms with Gasteiger partial charge in [-0.15, -0.1) is 0 Å². The van der Waals surface area contributed by atoms with Gasteiger partial charge in [-0.25, -0.2) is 9.39 Å². The Bertz CT molecular complexity index is 139. The molecule has 0 atom stereocenters. The van der Waals surface area contributed by atoms with E-state index in [4.69, 9.17) is 0 Å². The zero-order valence-corrected chi connectivity index (χ0v) is 7.14. The SMILES string of the molecule is C=CSN=CN=CC(C)C. The van der Waals surface area contributed by atoms with Gasteiger partial charge >= 0.3 is 0 Å². The molecule has 0 aliphatic heterocycles. The molecule has 0 rings (SSSR count). The van der Waals surface area contributed by atoms with Crippen LogP contribution in [-0.4, -0.2) is 12.6 Å². The molecule has 0 unspecified atom stereocenters. The van der Waals surface area contributed by atoms with Crippen LogP contribution in [0.25, 0.3) is 0 Å². The molecule has 56 valence electrons. The summed E-state index contributed by atoms with van der Waals surface area (Å²) in [7, 11) is 0. The predicted octanol–water partition coefficient (Wildman–Crippen LogP) is 2.53. The summed E-state index contributed by atoms with van der Waals surface area (Å²) in [5.74, 6) is 0.486. The molecule has 10 heavy (non-hydrogen) atoms. The monoisotopic (exact) mass is 156 g/mol. The first-order chi connectivity index (χ1) is 4.77. The molecule has 2 nitrogen and oxygen atoms in total. The van der Waals surface area contributed by atoms with E-state index in [0.717, 1.165) is 0 Å². The molecule has 0 N–H and O–H groups in total. The summed E-state index contributed by atoms with van der Waals surface area (Å²) in [6.45, 7) is 7.63. The molecule has 0 amide bonds. The summed E-state index contributed by atoms with van der Waals surface area (Å²) in [5.41, 5.74) is 0. The largest absolute Gasteiger partial charge is 0.248 e. The smallest absolute Gasteiger partial charge is 0.123 e. The van der Waals surface area contributed by atoms with Crippen molar-refractivity contribution in [2.45, 2.75) is 13.8 Å². The van der Waals surface area contributed by atoms with Crippen LogP contribution in [-0.2, 0) is 0 Å². The van der Waals surface area contributed by atoms with Gasteiger partial charge in [0.2, 0.25) is 0 Å². The van der Waals surface area contributed by atoms with Gasteiger partial charge in [0.15, 0.2) is 0 Å². The van der Waals surface area contributed by atoms with Gasteiger partial charge in [0.25, 0.3) is 0 Å². The van der Waals surface area contributed by atoms with Crippen molar-refractivity contribution in [1.29, 1.82) is 0 Å². The molecule has 0 saturated carbocycles. The molecule has 0 saturated heterocycles. The third-order valence-electron chi connectivity index (χ3n) is 0.633. The molecule has 0 bridgehead atoms. The Hall–Kier alpha value is -0.570. The standard InChI is InChI=1S/C7H12N2S/c1-4-10-9-6-8-5-7(2)3/h4-7H,1H2,2-3H3. The van der Waals surface area contributed by atoms with Gasteiger partial charge in [-0.05, 0) is 11.3 Å². The molecule has 0 aliphatic carbocycles. The van der Waals surface area contributed by atoms with Crippen LogP contribution >= 0.6 is 11.9 Å². The van der Waals surface area contributed by atoms with Crippen LogP contribution in [0, 0.1) is 5.92 Å². The second kappa shape index (κ2) is 6.55. The lowest BCUT2D eigenvalue weighted by Crippen LogP contribution is -1.85. The van der Waals surface area contributed by atoms with E-state index < -0.39 is 0 Å². The van der Waals surface area contributed by atoms with E-state index in [0.29, 0.717) is 5.92 Å². The Morgan fingerprint density at radius 3 is 2.70 bits per heavy atom. The van der Waals surface area contributed by atoms with Crippen LogP contribution in [0.3, 0.4) is 0 Å². The summed E-state index contributed by atoms with van der Waals surface area (Å²) in [6.07, 6.45) is 3.36. The van der Waals surface area contributed by atoms with Crippen molar-refractivity contribution in [2.24, 2.45) is 15.3 Å². The van der Waals surface area contributed by atoms with Crippen molar-refractivity contribution in [2.75, 3.05) is 0 Å². The highest BCUT2D eigenvalue weighted by molar-refractivity contribution is 8.00. The Kier molecular flexibility index (Phi) is 6.18. The predicted molar refractivity (Wildman–Crippen MR) is 49.6 cm³/mol. The fraction of sp³-hybridized carbons (Fsp3) is 0.429. The molecule has 0 fully saturated rings. The van der Waals surface area contributed by atoms with Gasteiger partial charge in [-0.2, -0.15) is 0 Å². The number of aliphatic imine (C=N–C) groups is 1. The Balaban J connectivity index is 3.41. The lowest BCUT2D eigenvalue weighted by molar-refractivity contribution is 0.909. The number of hydrogen-bond donors (Lipinski definition) is 0. The fourth-order valence-corrected chi connectivity index (χ4v) is 0.503. The highest BCUT2D eigenvalue weighted by Gasteiger charge is 1.80. The molecule has 0 aliphatic rings. The van der Waals surface area contributed by atoms with E-state index >= 15 is 0 Å². The minimum atomic E-state index is 0.486. The highest BCUT2D eigenvalue weighted by atomic mass is 32.2. The molecular weight excluding hydrogens is 144 g/mol. The molecule has 0 spiro atoms. The zero-order valence-electron chi connectivity index (χ0n) is 6.32. The van der Waals surface area contributed by atoms with E-state index in [1.807, 2.05) is 6.21 Å². The molecular formula is C7H12N2S. The third kappa shape index (κ3) is 7.43. The van der Waals surface area contributed by atoms with Crippen molar-refractivity contribution in [3.8, 4) is 0 Å². The second-order valence-corrected chi connectivity index (χ2v) is 2.79. The topological polar surface area (TPSA) is 24.7 Å². The minimum Gasteiger partial charge on any atom is -0.248 e. The van der Waals surface area contributed by atoms with E-state index in [9.17, 15) is 0 Å². The lowest BCUT2D eigenvalue weighted by atomic mass is 10.3. The first kappa shape index (κ1) is 9.43. The van der Waals surface area contributed by atoms with Crippen molar-refractivity contribution in [3.63, 3.8) is 0 Å². The summed E-state index contributed by atoms with van der Waals surface area (Å²) < 4.78 is 3.84. The van der Waals surface area contributed by atoms with Crippen LogP contribution in [0.1, 0.15) is 13.8 Å². The number of rotatable bonds is 4. The van der Waals surface area contributed by atoms with E-state index in [-0.39, 0.29) is 0 Å². The van der Waals surface area contributed by atoms with Crippen molar-refractivity contribution in [1.82, 2.24) is 0 Å². The van der Waals surface area contributed by atoms with Crippen LogP contribution in [0.2, 0.25) is 0 Å². The zero-order chi connectivity index (χ0) is 7.82. The average Bonchev–Trinajstić information content (AvgIpc) is 1.87. The number of hydrogen-bond acceptors (Lipinski definition) is 2. The van der Waals surface area contributed by atoms with Gasteiger partial charge in [0, 0.05) is 18.2 Å². The Morgan fingerprint density at radius 2 is 2.20 bits per heavy atom. The molecule has 3 heteroatoms. The second-order valence-electron chi connectivity index (χ2n) is 2.04. The molecule has 0 aromatic heterocycles. The van der Waals surface area contributed by atoms with Crippen molar-refractivity contribution < 1.29 is 0 Å². The number of nitrogens with zero attached hydrogens (tertiary/aromatic N) is 2. The van der Waals surface area contributed by atoms with Crippen LogP contribution in [0.15, 0.2) is 21.4 Å². The summed E-state index contributed by atoms with van der Waals surface area (Å²) in [6, 6.07) is 0. The maximum atomic E-state index is 3.92. The first-order valence-corrected chi connectivity index (χ1v) is 3.93. The Labute approximate surface area is 66.3 Å². The van der Waals surface area contributed by atoms with Gasteiger partial charge < -0.3 is 0 Å². The van der Waals surface area contributed by atoms with Crippen LogP contribution in [0.4, 0.5) is 0 Å². The lowest BCUT2D eigenvalue weighted by Gasteiger charge is -1.87. The van der Waals surface area contributed by atoms with E-state index in [2.05, 4.69) is 29.8 Å². The van der Waals surface area contributed by atoms with E-state index in [1.165, 1.54) is 18.3 Å². The molecule has 0 aromatic rings. The van der Waals surface area contributed by atoms with Gasteiger partial charge in [-0.1, -0.05) is 20.4 Å². The highest BCUT2D eigenvalue weighted by Crippen LogP contribution is 1.98. The molecule has 0 radical (unpaired) electrons. The normalized spacial score (nSPS) is 11.9. The quantitative estimate of drug-likeness (QED) is 0.349. The average molecular weight is 156 g/mol. The van der Waals surface area contributed by atoms with Gasteiger partial charge in [-0.3, -0.25) is 0 Å². The first-order valence-electron chi connectivity index (χ1n) is 3.09. The van der Waals surface area contributed by atoms with Crippen LogP contribution < -0.4 is 0 Å². The summed E-state index contributed by atoms with van der Waals surface area (Å²) in [4.78, 5) is 3.92. The minimum absolute atomic E-state index is 0.486. The molecule has 0 aromatic carbocycles. The van der Waals surface area contributed by atoms with Gasteiger partial charge in [0.1, 0.15) is 6.34 Å². The summed E-state index contributed by atoms with van der Waals surface area (Å²) in [5, 5.41) is 1.65. The third-order valence-corrected chi connectivity index (χ3v) is 0.998. The summed E-state index contributed by atoms with van der Waals surface area (Å²) >= 11 is 1.28. The van der Waals surface area contributed by atoms with Crippen molar-refractivity contribution in [3.05, 3.63) is 12.0 Å².